The number of hydrogen-bond acceptors (Lipinski definition) is 4. The Morgan fingerprint density at radius 2 is 1.50 bits per heavy atom. The number of hydrogen-bond donors (Lipinski definition) is 1. The highest BCUT2D eigenvalue weighted by Crippen LogP contribution is 2.15. The van der Waals surface area contributed by atoms with Gasteiger partial charge in [-0.15, -0.1) is 24.8 Å². The van der Waals surface area contributed by atoms with Gasteiger partial charge in [-0.3, -0.25) is 9.69 Å². The molecule has 0 aromatic heterocycles. The molecule has 7 heteroatoms. The van der Waals surface area contributed by atoms with Gasteiger partial charge in [0.15, 0.2) is 0 Å². The molecular weight excluding hydrogens is 397 g/mol. The van der Waals surface area contributed by atoms with Crippen LogP contribution in [0.15, 0.2) is 48.5 Å². The fraction of sp³-hybridized carbons (Fsp3) is 0.381. The van der Waals surface area contributed by atoms with Gasteiger partial charge in [0.05, 0.1) is 13.0 Å². The molecule has 2 aromatic carbocycles. The molecule has 0 aliphatic carbocycles. The summed E-state index contributed by atoms with van der Waals surface area (Å²) in [5.74, 6) is 1.10. The number of rotatable bonds is 6. The molecule has 5 nitrogen and oxygen atoms in total. The van der Waals surface area contributed by atoms with Crippen molar-refractivity contribution in [3.63, 3.8) is 0 Å². The zero-order valence-electron chi connectivity index (χ0n) is 16.2. The van der Waals surface area contributed by atoms with Crippen LogP contribution in [0.4, 0.5) is 5.69 Å². The topological polar surface area (TPSA) is 58.8 Å². The Kier molecular flexibility index (Phi) is 10.1. The van der Waals surface area contributed by atoms with E-state index in [2.05, 4.69) is 17.0 Å². The lowest BCUT2D eigenvalue weighted by Gasteiger charge is -2.35. The number of nitrogen functional groups attached to an aromatic ring is 1. The molecule has 3 rings (SSSR count). The summed E-state index contributed by atoms with van der Waals surface area (Å²) in [7, 11) is 0. The van der Waals surface area contributed by atoms with Crippen molar-refractivity contribution in [1.29, 1.82) is 0 Å². The monoisotopic (exact) mass is 425 g/mol. The number of carbonyl (C=O) groups is 1. The van der Waals surface area contributed by atoms with Crippen molar-refractivity contribution < 1.29 is 9.53 Å². The number of nitrogens with zero attached hydrogens (tertiary/aromatic N) is 2. The maximum Gasteiger partial charge on any atom is 0.227 e. The maximum absolute atomic E-state index is 12.5. The van der Waals surface area contributed by atoms with Gasteiger partial charge < -0.3 is 15.4 Å². The molecule has 1 aliphatic heterocycles. The lowest BCUT2D eigenvalue weighted by atomic mass is 10.1. The highest BCUT2D eigenvalue weighted by molar-refractivity contribution is 5.85. The zero-order chi connectivity index (χ0) is 18.4. The van der Waals surface area contributed by atoms with E-state index in [1.54, 1.807) is 0 Å². The molecule has 0 unspecified atom stereocenters. The second-order valence-corrected chi connectivity index (χ2v) is 6.65. The minimum atomic E-state index is 0. The maximum atomic E-state index is 12.5. The van der Waals surface area contributed by atoms with E-state index in [4.69, 9.17) is 10.5 Å². The first-order chi connectivity index (χ1) is 12.6. The standard InChI is InChI=1S/C21H27N3O2.2ClH/c1-2-26-20-9-5-18(6-10-20)16-23-11-13-24(14-12-23)21(25)15-17-3-7-19(22)8-4-17;;/h3-10H,2,11-16,22H2,1H3;2*1H. The number of piperazine rings is 1. The van der Waals surface area contributed by atoms with Crippen LogP contribution in [0.3, 0.4) is 0 Å². The predicted molar refractivity (Wildman–Crippen MR) is 119 cm³/mol. The molecule has 1 fully saturated rings. The Hall–Kier alpha value is -1.95. The van der Waals surface area contributed by atoms with E-state index in [0.29, 0.717) is 13.0 Å². The fourth-order valence-electron chi connectivity index (χ4n) is 3.19. The van der Waals surface area contributed by atoms with E-state index in [-0.39, 0.29) is 30.7 Å². The van der Waals surface area contributed by atoms with Crippen molar-refractivity contribution >= 4 is 36.4 Å². The molecule has 1 heterocycles. The summed E-state index contributed by atoms with van der Waals surface area (Å²) < 4.78 is 5.48. The Balaban J connectivity index is 0.00000196. The molecular formula is C21H29Cl2N3O2. The smallest absolute Gasteiger partial charge is 0.227 e. The van der Waals surface area contributed by atoms with Crippen LogP contribution < -0.4 is 10.5 Å². The predicted octanol–water partition coefficient (Wildman–Crippen LogP) is 3.40. The molecule has 0 saturated carbocycles. The van der Waals surface area contributed by atoms with Crippen LogP contribution in [-0.2, 0) is 17.8 Å². The summed E-state index contributed by atoms with van der Waals surface area (Å²) >= 11 is 0. The SMILES string of the molecule is CCOc1ccc(CN2CCN(C(=O)Cc3ccc(N)cc3)CC2)cc1.Cl.Cl. The summed E-state index contributed by atoms with van der Waals surface area (Å²) in [5, 5.41) is 0. The summed E-state index contributed by atoms with van der Waals surface area (Å²) in [6, 6.07) is 15.8. The zero-order valence-corrected chi connectivity index (χ0v) is 17.8. The molecule has 154 valence electrons. The van der Waals surface area contributed by atoms with E-state index in [9.17, 15) is 4.79 Å². The third-order valence-corrected chi connectivity index (χ3v) is 4.70. The van der Waals surface area contributed by atoms with Gasteiger partial charge in [-0.1, -0.05) is 24.3 Å². The normalized spacial score (nSPS) is 14.0. The quantitative estimate of drug-likeness (QED) is 0.720. The van der Waals surface area contributed by atoms with E-state index < -0.39 is 0 Å². The van der Waals surface area contributed by atoms with Crippen LogP contribution in [-0.4, -0.2) is 48.5 Å². The number of halogens is 2. The molecule has 28 heavy (non-hydrogen) atoms. The number of nitrogens with two attached hydrogens (primary N) is 1. The second-order valence-electron chi connectivity index (χ2n) is 6.65. The Bertz CT molecular complexity index is 715. The van der Waals surface area contributed by atoms with Crippen molar-refractivity contribution in [2.24, 2.45) is 0 Å². The molecule has 1 amide bonds. The Labute approximate surface area is 179 Å². The summed E-state index contributed by atoms with van der Waals surface area (Å²) in [6.45, 7) is 6.96. The van der Waals surface area contributed by atoms with E-state index >= 15 is 0 Å². The van der Waals surface area contributed by atoms with Crippen LogP contribution in [0.25, 0.3) is 0 Å². The van der Waals surface area contributed by atoms with Crippen molar-refractivity contribution in [1.82, 2.24) is 9.80 Å². The van der Waals surface area contributed by atoms with Gasteiger partial charge in [-0.2, -0.15) is 0 Å². The van der Waals surface area contributed by atoms with E-state index in [1.807, 2.05) is 48.2 Å². The van der Waals surface area contributed by atoms with Gasteiger partial charge >= 0.3 is 0 Å². The number of amides is 1. The third-order valence-electron chi connectivity index (χ3n) is 4.70. The Morgan fingerprint density at radius 3 is 2.07 bits per heavy atom. The average Bonchev–Trinajstić information content (AvgIpc) is 2.66. The van der Waals surface area contributed by atoms with Gasteiger partial charge in [-0.05, 0) is 42.3 Å². The Morgan fingerprint density at radius 1 is 0.929 bits per heavy atom. The first kappa shape index (κ1) is 24.1. The second kappa shape index (κ2) is 11.8. The molecule has 1 aliphatic rings. The number of benzene rings is 2. The van der Waals surface area contributed by atoms with Gasteiger partial charge in [0.2, 0.25) is 5.91 Å². The van der Waals surface area contributed by atoms with Crippen molar-refractivity contribution in [3.05, 3.63) is 59.7 Å². The molecule has 0 atom stereocenters. The molecule has 0 radical (unpaired) electrons. The first-order valence-electron chi connectivity index (χ1n) is 9.20. The van der Waals surface area contributed by atoms with E-state index in [1.165, 1.54) is 5.56 Å². The van der Waals surface area contributed by atoms with Crippen molar-refractivity contribution in [2.45, 2.75) is 19.9 Å². The fourth-order valence-corrected chi connectivity index (χ4v) is 3.19. The van der Waals surface area contributed by atoms with Crippen LogP contribution in [0.5, 0.6) is 5.75 Å². The van der Waals surface area contributed by atoms with Gasteiger partial charge in [0.1, 0.15) is 5.75 Å². The number of ether oxygens (including phenoxy) is 1. The molecule has 0 spiro atoms. The summed E-state index contributed by atoms with van der Waals surface area (Å²) in [5.41, 5.74) is 8.71. The van der Waals surface area contributed by atoms with Crippen LogP contribution >= 0.6 is 24.8 Å². The van der Waals surface area contributed by atoms with Crippen molar-refractivity contribution in [2.75, 3.05) is 38.5 Å². The highest BCUT2D eigenvalue weighted by Gasteiger charge is 2.21. The lowest BCUT2D eigenvalue weighted by molar-refractivity contribution is -0.132. The third kappa shape index (κ3) is 6.89. The van der Waals surface area contributed by atoms with Gasteiger partial charge in [-0.25, -0.2) is 0 Å². The molecule has 0 bridgehead atoms. The first-order valence-corrected chi connectivity index (χ1v) is 9.20. The number of carbonyl (C=O) groups excluding carboxylic acids is 1. The molecule has 2 N–H and O–H groups in total. The summed E-state index contributed by atoms with van der Waals surface area (Å²) in [6.07, 6.45) is 0.444. The van der Waals surface area contributed by atoms with Crippen LogP contribution in [0.1, 0.15) is 18.1 Å². The highest BCUT2D eigenvalue weighted by atomic mass is 35.5. The van der Waals surface area contributed by atoms with Gasteiger partial charge in [0.25, 0.3) is 0 Å². The minimum absolute atomic E-state index is 0. The van der Waals surface area contributed by atoms with Crippen LogP contribution in [0, 0.1) is 0 Å². The summed E-state index contributed by atoms with van der Waals surface area (Å²) in [4.78, 5) is 16.8. The lowest BCUT2D eigenvalue weighted by Crippen LogP contribution is -2.48. The molecule has 1 saturated heterocycles. The minimum Gasteiger partial charge on any atom is -0.494 e. The van der Waals surface area contributed by atoms with Crippen LogP contribution in [0.2, 0.25) is 0 Å². The van der Waals surface area contributed by atoms with Gasteiger partial charge in [0, 0.05) is 38.4 Å². The number of anilines is 1. The van der Waals surface area contributed by atoms with Crippen molar-refractivity contribution in [3.8, 4) is 5.75 Å². The molecule has 2 aromatic rings. The average molecular weight is 426 g/mol. The van der Waals surface area contributed by atoms with E-state index in [0.717, 1.165) is 49.7 Å². The largest absolute Gasteiger partial charge is 0.494 e.